The van der Waals surface area contributed by atoms with Gasteiger partial charge in [0.1, 0.15) is 9.39 Å². The third kappa shape index (κ3) is 3.86. The third-order valence-corrected chi connectivity index (χ3v) is 3.18. The average Bonchev–Trinajstić information content (AvgIpc) is 2.36. The second kappa shape index (κ2) is 5.47. The number of benzene rings is 1. The summed E-state index contributed by atoms with van der Waals surface area (Å²) < 4.78 is 75.5. The molecule has 0 spiro atoms. The predicted molar refractivity (Wildman–Crippen MR) is 72.4 cm³/mol. The summed E-state index contributed by atoms with van der Waals surface area (Å²) in [5.41, 5.74) is -1.51. The molecule has 0 aliphatic rings. The fourth-order valence-electron chi connectivity index (χ4n) is 1.66. The van der Waals surface area contributed by atoms with Crippen LogP contribution in [0.5, 0.6) is 0 Å². The predicted octanol–water partition coefficient (Wildman–Crippen LogP) is 5.39. The highest BCUT2D eigenvalue weighted by Crippen LogP contribution is 2.34. The topological polar surface area (TPSA) is 12.9 Å². The van der Waals surface area contributed by atoms with Crippen molar-refractivity contribution in [2.24, 2.45) is 0 Å². The van der Waals surface area contributed by atoms with Crippen LogP contribution >= 0.6 is 22.6 Å². The zero-order valence-electron chi connectivity index (χ0n) is 10.1. The molecule has 0 bridgehead atoms. The SMILES string of the molecule is FC(F)(F)c1ccc(-c2cc(I)nc(C(F)(F)F)c2)cc1. The molecule has 1 aromatic heterocycles. The summed E-state index contributed by atoms with van der Waals surface area (Å²) in [4.78, 5) is 3.37. The van der Waals surface area contributed by atoms with Gasteiger partial charge in [-0.1, -0.05) is 12.1 Å². The Labute approximate surface area is 129 Å². The van der Waals surface area contributed by atoms with Gasteiger partial charge in [-0.15, -0.1) is 0 Å². The minimum absolute atomic E-state index is 0.109. The van der Waals surface area contributed by atoms with Crippen LogP contribution in [-0.2, 0) is 12.4 Å². The summed E-state index contributed by atoms with van der Waals surface area (Å²) in [5, 5.41) is 0. The minimum atomic E-state index is -4.61. The number of nitrogens with zero attached hydrogens (tertiary/aromatic N) is 1. The maximum atomic E-state index is 12.7. The molecule has 1 nitrogen and oxygen atoms in total. The van der Waals surface area contributed by atoms with Crippen LogP contribution in [0.4, 0.5) is 26.3 Å². The molecule has 0 unspecified atom stereocenters. The maximum Gasteiger partial charge on any atom is 0.433 e. The van der Waals surface area contributed by atoms with Crippen molar-refractivity contribution in [3.05, 3.63) is 51.4 Å². The average molecular weight is 417 g/mol. The Morgan fingerprint density at radius 3 is 1.81 bits per heavy atom. The van der Waals surface area contributed by atoms with Crippen molar-refractivity contribution in [2.75, 3.05) is 0 Å². The van der Waals surface area contributed by atoms with Gasteiger partial charge in [0, 0.05) is 0 Å². The lowest BCUT2D eigenvalue weighted by Crippen LogP contribution is -2.09. The molecule has 1 heterocycles. The van der Waals surface area contributed by atoms with Gasteiger partial charge in [0.15, 0.2) is 0 Å². The molecule has 0 N–H and O–H groups in total. The second-order valence-electron chi connectivity index (χ2n) is 4.14. The molecule has 21 heavy (non-hydrogen) atoms. The molecule has 8 heteroatoms. The Bertz CT molecular complexity index is 645. The van der Waals surface area contributed by atoms with Crippen molar-refractivity contribution >= 4 is 22.6 Å². The van der Waals surface area contributed by atoms with Crippen molar-refractivity contribution in [3.8, 4) is 11.1 Å². The lowest BCUT2D eigenvalue weighted by Gasteiger charge is -2.10. The molecule has 0 fully saturated rings. The Balaban J connectivity index is 2.45. The Morgan fingerprint density at radius 1 is 0.762 bits per heavy atom. The van der Waals surface area contributed by atoms with E-state index in [-0.39, 0.29) is 14.8 Å². The first kappa shape index (κ1) is 16.1. The smallest absolute Gasteiger partial charge is 0.237 e. The van der Waals surface area contributed by atoms with Crippen LogP contribution < -0.4 is 0 Å². The highest BCUT2D eigenvalue weighted by Gasteiger charge is 2.33. The normalized spacial score (nSPS) is 12.5. The largest absolute Gasteiger partial charge is 0.433 e. The van der Waals surface area contributed by atoms with Crippen LogP contribution in [0, 0.1) is 3.70 Å². The second-order valence-corrected chi connectivity index (χ2v) is 5.24. The van der Waals surface area contributed by atoms with Crippen molar-refractivity contribution in [1.82, 2.24) is 4.98 Å². The van der Waals surface area contributed by atoms with Crippen LogP contribution in [0.1, 0.15) is 11.3 Å². The Morgan fingerprint density at radius 2 is 1.33 bits per heavy atom. The van der Waals surface area contributed by atoms with Gasteiger partial charge < -0.3 is 0 Å². The van der Waals surface area contributed by atoms with Gasteiger partial charge in [0.2, 0.25) is 0 Å². The van der Waals surface area contributed by atoms with E-state index in [9.17, 15) is 26.3 Å². The van der Waals surface area contributed by atoms with E-state index in [1.54, 1.807) is 22.6 Å². The molecule has 0 atom stereocenters. The van der Waals surface area contributed by atoms with Crippen LogP contribution in [0.15, 0.2) is 36.4 Å². The summed E-state index contributed by atoms with van der Waals surface area (Å²) in [5.74, 6) is 0. The van der Waals surface area contributed by atoms with E-state index in [2.05, 4.69) is 4.98 Å². The first-order valence-electron chi connectivity index (χ1n) is 5.50. The lowest BCUT2D eigenvalue weighted by molar-refractivity contribution is -0.141. The van der Waals surface area contributed by atoms with Gasteiger partial charge in [-0.25, -0.2) is 4.98 Å². The zero-order valence-corrected chi connectivity index (χ0v) is 12.2. The quantitative estimate of drug-likeness (QED) is 0.345. The van der Waals surface area contributed by atoms with Crippen LogP contribution in [0.2, 0.25) is 0 Å². The van der Waals surface area contributed by atoms with Crippen molar-refractivity contribution in [3.63, 3.8) is 0 Å². The molecular formula is C13H6F6IN. The maximum absolute atomic E-state index is 12.7. The molecule has 112 valence electrons. The van der Waals surface area contributed by atoms with Crippen LogP contribution in [-0.4, -0.2) is 4.98 Å². The molecule has 0 aliphatic carbocycles. The van der Waals surface area contributed by atoms with E-state index in [0.29, 0.717) is 0 Å². The molecule has 0 amide bonds. The highest BCUT2D eigenvalue weighted by molar-refractivity contribution is 14.1. The summed E-state index contributed by atoms with van der Waals surface area (Å²) in [7, 11) is 0. The number of aromatic nitrogens is 1. The monoisotopic (exact) mass is 417 g/mol. The fraction of sp³-hybridized carbons (Fsp3) is 0.154. The summed E-state index contributed by atoms with van der Waals surface area (Å²) in [6.45, 7) is 0. The number of alkyl halides is 6. The van der Waals surface area contributed by atoms with Crippen LogP contribution in [0.3, 0.4) is 0 Å². The van der Waals surface area contributed by atoms with Crippen molar-refractivity contribution < 1.29 is 26.3 Å². The third-order valence-electron chi connectivity index (χ3n) is 2.63. The molecule has 1 aromatic carbocycles. The first-order valence-corrected chi connectivity index (χ1v) is 6.57. The van der Waals surface area contributed by atoms with Gasteiger partial charge >= 0.3 is 12.4 Å². The number of hydrogen-bond donors (Lipinski definition) is 0. The number of hydrogen-bond acceptors (Lipinski definition) is 1. The number of pyridine rings is 1. The minimum Gasteiger partial charge on any atom is -0.237 e. The molecular weight excluding hydrogens is 411 g/mol. The van der Waals surface area contributed by atoms with Gasteiger partial charge in [0.25, 0.3) is 0 Å². The van der Waals surface area contributed by atoms with Gasteiger partial charge in [-0.05, 0) is 58.0 Å². The van der Waals surface area contributed by atoms with E-state index in [1.807, 2.05) is 0 Å². The molecule has 2 aromatic rings. The number of halogens is 7. The van der Waals surface area contributed by atoms with Crippen molar-refractivity contribution in [2.45, 2.75) is 12.4 Å². The van der Waals surface area contributed by atoms with Gasteiger partial charge in [0.05, 0.1) is 5.56 Å². The Kier molecular flexibility index (Phi) is 4.18. The first-order chi connectivity index (χ1) is 9.57. The summed E-state index contributed by atoms with van der Waals surface area (Å²) >= 11 is 1.63. The van der Waals surface area contributed by atoms with E-state index >= 15 is 0 Å². The van der Waals surface area contributed by atoms with Crippen molar-refractivity contribution in [1.29, 1.82) is 0 Å². The lowest BCUT2D eigenvalue weighted by atomic mass is 10.0. The molecule has 0 radical (unpaired) electrons. The van der Waals surface area contributed by atoms with E-state index in [0.717, 1.165) is 30.3 Å². The molecule has 2 rings (SSSR count). The molecule has 0 aliphatic heterocycles. The van der Waals surface area contributed by atoms with E-state index in [4.69, 9.17) is 0 Å². The molecule has 0 saturated carbocycles. The highest BCUT2D eigenvalue weighted by atomic mass is 127. The fourth-order valence-corrected chi connectivity index (χ4v) is 2.26. The summed E-state index contributed by atoms with van der Waals surface area (Å²) in [6, 6.07) is 6.11. The number of rotatable bonds is 1. The van der Waals surface area contributed by atoms with Crippen LogP contribution in [0.25, 0.3) is 11.1 Å². The van der Waals surface area contributed by atoms with Gasteiger partial charge in [-0.3, -0.25) is 0 Å². The Hall–Kier alpha value is -1.32. The molecule has 0 saturated heterocycles. The summed E-state index contributed by atoms with van der Waals surface area (Å²) in [6.07, 6.45) is -9.09. The standard InChI is InChI=1S/C13H6F6IN/c14-12(15,16)9-3-1-7(2-4-9)8-5-10(13(17,18)19)21-11(20)6-8/h1-6H. The zero-order chi connectivity index (χ0) is 15.8. The van der Waals surface area contributed by atoms with E-state index < -0.39 is 23.6 Å². The van der Waals surface area contributed by atoms with Gasteiger partial charge in [-0.2, -0.15) is 26.3 Å². The van der Waals surface area contributed by atoms with E-state index in [1.165, 1.54) is 6.07 Å².